The maximum atomic E-state index is 9.15. The Kier molecular flexibility index (Phi) is 7.59. The molecule has 3 rings (SSSR count). The van der Waals surface area contributed by atoms with E-state index in [1.807, 2.05) is 12.1 Å². The number of nitrogens with zero attached hydrogens (tertiary/aromatic N) is 5. The highest BCUT2D eigenvalue weighted by Gasteiger charge is 2.19. The van der Waals surface area contributed by atoms with Crippen LogP contribution in [0.3, 0.4) is 0 Å². The number of anilines is 1. The molecule has 2 aromatic rings. The molecule has 30 heavy (non-hydrogen) atoms. The van der Waals surface area contributed by atoms with Crippen molar-refractivity contribution in [1.29, 1.82) is 5.26 Å². The minimum atomic E-state index is 0.106. The number of aromatic nitrogens is 2. The molecule has 0 radical (unpaired) electrons. The van der Waals surface area contributed by atoms with Crippen molar-refractivity contribution in [3.05, 3.63) is 59.6 Å². The summed E-state index contributed by atoms with van der Waals surface area (Å²) >= 11 is 0. The fraction of sp³-hybridized carbons (Fsp3) is 0.480. The van der Waals surface area contributed by atoms with Crippen molar-refractivity contribution in [3.63, 3.8) is 0 Å². The zero-order chi connectivity index (χ0) is 21.4. The van der Waals surface area contributed by atoms with E-state index in [0.717, 1.165) is 25.5 Å². The lowest BCUT2D eigenvalue weighted by molar-refractivity contribution is 0.252. The second-order valence-electron chi connectivity index (χ2n) is 9.27. The molecule has 1 aliphatic rings. The molecule has 0 N–H and O–H groups in total. The highest BCUT2D eigenvalue weighted by molar-refractivity contribution is 5.50. The number of likely N-dealkylation sites (tertiary alicyclic amines) is 1. The first kappa shape index (κ1) is 22.0. The largest absolute Gasteiger partial charge is 0.352 e. The van der Waals surface area contributed by atoms with Crippen molar-refractivity contribution in [2.24, 2.45) is 5.41 Å². The molecular weight excluding hydrogens is 370 g/mol. The van der Waals surface area contributed by atoms with Gasteiger partial charge in [-0.05, 0) is 48.5 Å². The van der Waals surface area contributed by atoms with Gasteiger partial charge in [0.15, 0.2) is 0 Å². The van der Waals surface area contributed by atoms with E-state index in [1.54, 1.807) is 6.20 Å². The van der Waals surface area contributed by atoms with Crippen LogP contribution in [0.4, 0.5) is 5.82 Å². The molecule has 0 saturated carbocycles. The third kappa shape index (κ3) is 6.96. The molecule has 1 aromatic carbocycles. The van der Waals surface area contributed by atoms with E-state index >= 15 is 0 Å². The number of hydrogen-bond donors (Lipinski definition) is 0. The Morgan fingerprint density at radius 1 is 1.10 bits per heavy atom. The lowest BCUT2D eigenvalue weighted by Crippen LogP contribution is -2.33. The summed E-state index contributed by atoms with van der Waals surface area (Å²) in [4.78, 5) is 13.2. The zero-order valence-corrected chi connectivity index (χ0v) is 18.5. The Hall–Kier alpha value is -2.71. The van der Waals surface area contributed by atoms with Gasteiger partial charge in [0.05, 0.1) is 0 Å². The summed E-state index contributed by atoms with van der Waals surface area (Å²) in [7, 11) is 0. The van der Waals surface area contributed by atoms with Crippen LogP contribution in [0.15, 0.2) is 42.6 Å². The molecular formula is C25H33N5. The molecule has 5 heteroatoms. The molecule has 5 nitrogen and oxygen atoms in total. The number of benzene rings is 1. The smallest absolute Gasteiger partial charge is 0.234 e. The summed E-state index contributed by atoms with van der Waals surface area (Å²) in [5.41, 5.74) is 2.56. The van der Waals surface area contributed by atoms with Gasteiger partial charge in [0.1, 0.15) is 11.9 Å². The summed E-state index contributed by atoms with van der Waals surface area (Å²) in [5.74, 6) is 1.00. The molecule has 0 bridgehead atoms. The molecule has 0 atom stereocenters. The molecule has 2 heterocycles. The Morgan fingerprint density at radius 2 is 1.83 bits per heavy atom. The third-order valence-electron chi connectivity index (χ3n) is 5.21. The molecule has 1 fully saturated rings. The SMILES string of the molecule is CC(C)(C)CN(Cc1ccc(C=CCN2CCCCC2)cc1)c1ccnc(C#N)n1. The van der Waals surface area contributed by atoms with Crippen molar-refractivity contribution in [2.75, 3.05) is 31.1 Å². The minimum absolute atomic E-state index is 0.106. The van der Waals surface area contributed by atoms with Gasteiger partial charge in [-0.3, -0.25) is 4.90 Å². The predicted octanol–water partition coefficient (Wildman–Crippen LogP) is 4.90. The van der Waals surface area contributed by atoms with Gasteiger partial charge in [0, 0.05) is 25.8 Å². The lowest BCUT2D eigenvalue weighted by atomic mass is 9.95. The summed E-state index contributed by atoms with van der Waals surface area (Å²) in [5, 5.41) is 9.15. The van der Waals surface area contributed by atoms with Crippen molar-refractivity contribution in [2.45, 2.75) is 46.6 Å². The van der Waals surface area contributed by atoms with E-state index in [4.69, 9.17) is 5.26 Å². The van der Waals surface area contributed by atoms with Crippen LogP contribution in [0.1, 0.15) is 57.0 Å². The Balaban J connectivity index is 1.66. The van der Waals surface area contributed by atoms with E-state index in [1.165, 1.54) is 43.5 Å². The van der Waals surface area contributed by atoms with Crippen molar-refractivity contribution >= 4 is 11.9 Å². The van der Waals surface area contributed by atoms with E-state index in [2.05, 4.69) is 77.0 Å². The fourth-order valence-corrected chi connectivity index (χ4v) is 3.80. The Bertz CT molecular complexity index is 868. The summed E-state index contributed by atoms with van der Waals surface area (Å²) in [6.07, 6.45) is 10.2. The first-order chi connectivity index (χ1) is 14.4. The van der Waals surface area contributed by atoms with Gasteiger partial charge in [0.2, 0.25) is 5.82 Å². The lowest BCUT2D eigenvalue weighted by Gasteiger charge is -2.31. The van der Waals surface area contributed by atoms with E-state index in [-0.39, 0.29) is 11.2 Å². The van der Waals surface area contributed by atoms with Crippen molar-refractivity contribution in [1.82, 2.24) is 14.9 Å². The summed E-state index contributed by atoms with van der Waals surface area (Å²) in [6.45, 7) is 11.7. The third-order valence-corrected chi connectivity index (χ3v) is 5.21. The Labute approximate surface area is 181 Å². The fourth-order valence-electron chi connectivity index (χ4n) is 3.80. The van der Waals surface area contributed by atoms with Crippen LogP contribution in [0.5, 0.6) is 0 Å². The van der Waals surface area contributed by atoms with Crippen LogP contribution in [-0.4, -0.2) is 41.0 Å². The summed E-state index contributed by atoms with van der Waals surface area (Å²) < 4.78 is 0. The first-order valence-corrected chi connectivity index (χ1v) is 10.9. The maximum absolute atomic E-state index is 9.15. The molecule has 0 spiro atoms. The number of rotatable bonds is 7. The quantitative estimate of drug-likeness (QED) is 0.658. The minimum Gasteiger partial charge on any atom is -0.352 e. The van der Waals surface area contributed by atoms with Crippen LogP contribution in [0.25, 0.3) is 6.08 Å². The number of piperidine rings is 1. The predicted molar refractivity (Wildman–Crippen MR) is 123 cm³/mol. The van der Waals surface area contributed by atoms with Gasteiger partial charge < -0.3 is 4.90 Å². The Morgan fingerprint density at radius 3 is 2.50 bits per heavy atom. The van der Waals surface area contributed by atoms with Gasteiger partial charge >= 0.3 is 0 Å². The topological polar surface area (TPSA) is 56.0 Å². The van der Waals surface area contributed by atoms with Gasteiger partial charge in [0.25, 0.3) is 0 Å². The second-order valence-corrected chi connectivity index (χ2v) is 9.27. The first-order valence-electron chi connectivity index (χ1n) is 10.9. The highest BCUT2D eigenvalue weighted by atomic mass is 15.2. The van der Waals surface area contributed by atoms with Gasteiger partial charge in [-0.2, -0.15) is 5.26 Å². The van der Waals surface area contributed by atoms with Crippen LogP contribution in [0, 0.1) is 16.7 Å². The van der Waals surface area contributed by atoms with Crippen molar-refractivity contribution in [3.8, 4) is 6.07 Å². The standard InChI is InChI=1S/C25H33N5/c1-25(2,3)20-30(24-13-14-27-23(18-26)28-24)19-22-11-9-21(10-12-22)8-7-17-29-15-5-4-6-16-29/h7-14H,4-6,15-17,19-20H2,1-3H3. The molecule has 0 aliphatic carbocycles. The van der Waals surface area contributed by atoms with Crippen LogP contribution < -0.4 is 4.90 Å². The second kappa shape index (κ2) is 10.4. The van der Waals surface area contributed by atoms with Gasteiger partial charge in [-0.25, -0.2) is 9.97 Å². The van der Waals surface area contributed by atoms with Gasteiger partial charge in [-0.1, -0.05) is 63.6 Å². The molecule has 1 saturated heterocycles. The van der Waals surface area contributed by atoms with E-state index in [9.17, 15) is 0 Å². The average Bonchev–Trinajstić information content (AvgIpc) is 2.74. The normalized spacial score (nSPS) is 15.3. The maximum Gasteiger partial charge on any atom is 0.234 e. The van der Waals surface area contributed by atoms with Crippen LogP contribution in [0.2, 0.25) is 0 Å². The molecule has 1 aliphatic heterocycles. The molecule has 0 amide bonds. The van der Waals surface area contributed by atoms with Crippen LogP contribution in [-0.2, 0) is 6.54 Å². The zero-order valence-electron chi connectivity index (χ0n) is 18.5. The summed E-state index contributed by atoms with van der Waals surface area (Å²) in [6, 6.07) is 12.6. The monoisotopic (exact) mass is 403 g/mol. The molecule has 1 aromatic heterocycles. The van der Waals surface area contributed by atoms with E-state index < -0.39 is 0 Å². The number of hydrogen-bond acceptors (Lipinski definition) is 5. The number of nitriles is 1. The highest BCUT2D eigenvalue weighted by Crippen LogP contribution is 2.22. The van der Waals surface area contributed by atoms with Gasteiger partial charge in [-0.15, -0.1) is 0 Å². The van der Waals surface area contributed by atoms with Crippen molar-refractivity contribution < 1.29 is 0 Å². The van der Waals surface area contributed by atoms with Crippen LogP contribution >= 0.6 is 0 Å². The molecule has 158 valence electrons. The van der Waals surface area contributed by atoms with E-state index in [0.29, 0.717) is 0 Å². The average molecular weight is 404 g/mol. The molecule has 0 unspecified atom stereocenters.